The first-order valence-electron chi connectivity index (χ1n) is 6.11. The van der Waals surface area contributed by atoms with Crippen LogP contribution in [-0.4, -0.2) is 11.7 Å². The van der Waals surface area contributed by atoms with E-state index in [0.717, 1.165) is 5.69 Å². The van der Waals surface area contributed by atoms with Crippen LogP contribution in [0.25, 0.3) is 0 Å². The molecule has 0 saturated heterocycles. The average molecular weight is 298 g/mol. The first-order valence-corrected chi connectivity index (χ1v) is 6.49. The van der Waals surface area contributed by atoms with Gasteiger partial charge in [0.05, 0.1) is 12.6 Å². The summed E-state index contributed by atoms with van der Waals surface area (Å²) in [6, 6.07) is 12.6. The van der Waals surface area contributed by atoms with Crippen molar-refractivity contribution in [2.75, 3.05) is 11.9 Å². The summed E-state index contributed by atoms with van der Waals surface area (Å²) in [6.45, 7) is -0.209. The molecule has 1 atom stereocenters. The van der Waals surface area contributed by atoms with Crippen LogP contribution >= 0.6 is 11.6 Å². The first-order chi connectivity index (χ1) is 9.60. The van der Waals surface area contributed by atoms with Gasteiger partial charge in [0, 0.05) is 16.3 Å². The number of aliphatic hydroxyl groups excluding tert-OH is 1. The third-order valence-corrected chi connectivity index (χ3v) is 3.15. The largest absolute Gasteiger partial charge is 0.394 e. The molecule has 0 aliphatic carbocycles. The molecule has 0 aliphatic rings. The van der Waals surface area contributed by atoms with E-state index >= 15 is 0 Å². The Morgan fingerprint density at radius 2 is 1.75 bits per heavy atom. The predicted molar refractivity (Wildman–Crippen MR) is 76.3 cm³/mol. The fourth-order valence-corrected chi connectivity index (χ4v) is 2.12. The van der Waals surface area contributed by atoms with Gasteiger partial charge in [0.25, 0.3) is 6.43 Å². The number of hydrogen-bond acceptors (Lipinski definition) is 2. The van der Waals surface area contributed by atoms with Crippen molar-refractivity contribution in [1.29, 1.82) is 0 Å². The minimum absolute atomic E-state index is 0.0613. The molecular weight excluding hydrogens is 284 g/mol. The number of nitrogens with one attached hydrogen (secondary N) is 1. The van der Waals surface area contributed by atoms with Crippen molar-refractivity contribution in [3.63, 3.8) is 0 Å². The van der Waals surface area contributed by atoms with Gasteiger partial charge in [0.2, 0.25) is 0 Å². The standard InChI is InChI=1S/C15H14ClF2NO/c16-12-5-2-6-13(8-12)19-14(9-20)10-3-1-4-11(7-10)15(17)18/h1-8,14-15,19-20H,9H2. The topological polar surface area (TPSA) is 32.3 Å². The van der Waals surface area contributed by atoms with Crippen LogP contribution in [0, 0.1) is 0 Å². The number of anilines is 1. The van der Waals surface area contributed by atoms with Gasteiger partial charge in [-0.1, -0.05) is 35.9 Å². The number of hydrogen-bond donors (Lipinski definition) is 2. The lowest BCUT2D eigenvalue weighted by Crippen LogP contribution is -2.15. The van der Waals surface area contributed by atoms with Crippen LogP contribution in [0.2, 0.25) is 5.02 Å². The van der Waals surface area contributed by atoms with E-state index in [-0.39, 0.29) is 12.2 Å². The molecule has 2 aromatic rings. The van der Waals surface area contributed by atoms with Gasteiger partial charge in [0.1, 0.15) is 0 Å². The van der Waals surface area contributed by atoms with Crippen molar-refractivity contribution in [3.8, 4) is 0 Å². The number of benzene rings is 2. The van der Waals surface area contributed by atoms with Gasteiger partial charge in [0.15, 0.2) is 0 Å². The molecule has 20 heavy (non-hydrogen) atoms. The maximum Gasteiger partial charge on any atom is 0.263 e. The van der Waals surface area contributed by atoms with Gasteiger partial charge in [-0.25, -0.2) is 8.78 Å². The molecule has 0 saturated carbocycles. The molecule has 2 aromatic carbocycles. The summed E-state index contributed by atoms with van der Waals surface area (Å²) in [6.07, 6.45) is -2.53. The van der Waals surface area contributed by atoms with Gasteiger partial charge >= 0.3 is 0 Å². The summed E-state index contributed by atoms with van der Waals surface area (Å²) in [7, 11) is 0. The smallest absolute Gasteiger partial charge is 0.263 e. The zero-order valence-corrected chi connectivity index (χ0v) is 11.3. The molecule has 0 bridgehead atoms. The minimum atomic E-state index is -2.53. The second-order valence-electron chi connectivity index (χ2n) is 4.36. The maximum atomic E-state index is 12.7. The van der Waals surface area contributed by atoms with Crippen LogP contribution in [-0.2, 0) is 0 Å². The Bertz CT molecular complexity index is 577. The Morgan fingerprint density at radius 3 is 2.40 bits per heavy atom. The van der Waals surface area contributed by atoms with Crippen molar-refractivity contribution in [2.45, 2.75) is 12.5 Å². The van der Waals surface area contributed by atoms with Crippen molar-refractivity contribution in [1.82, 2.24) is 0 Å². The highest BCUT2D eigenvalue weighted by atomic mass is 35.5. The van der Waals surface area contributed by atoms with E-state index < -0.39 is 12.5 Å². The second kappa shape index (κ2) is 6.68. The molecule has 0 fully saturated rings. The van der Waals surface area contributed by atoms with E-state index in [1.54, 1.807) is 36.4 Å². The Morgan fingerprint density at radius 1 is 1.05 bits per heavy atom. The number of halogens is 3. The van der Waals surface area contributed by atoms with Crippen molar-refractivity contribution in [2.24, 2.45) is 0 Å². The Kier molecular flexibility index (Phi) is 4.93. The van der Waals surface area contributed by atoms with E-state index in [4.69, 9.17) is 11.6 Å². The highest BCUT2D eigenvalue weighted by Gasteiger charge is 2.13. The molecule has 1 unspecified atom stereocenters. The molecule has 0 aliphatic heterocycles. The summed E-state index contributed by atoms with van der Waals surface area (Å²) in [5, 5.41) is 13.1. The lowest BCUT2D eigenvalue weighted by Gasteiger charge is -2.19. The lowest BCUT2D eigenvalue weighted by atomic mass is 10.0. The monoisotopic (exact) mass is 297 g/mol. The van der Waals surface area contributed by atoms with Gasteiger partial charge < -0.3 is 10.4 Å². The number of alkyl halides is 2. The van der Waals surface area contributed by atoms with Gasteiger partial charge in [-0.3, -0.25) is 0 Å². The lowest BCUT2D eigenvalue weighted by molar-refractivity contribution is 0.151. The van der Waals surface area contributed by atoms with E-state index in [0.29, 0.717) is 10.6 Å². The molecule has 0 spiro atoms. The molecule has 106 valence electrons. The molecule has 0 radical (unpaired) electrons. The molecule has 2 rings (SSSR count). The van der Waals surface area contributed by atoms with Crippen LogP contribution in [0.1, 0.15) is 23.6 Å². The van der Waals surface area contributed by atoms with E-state index in [1.165, 1.54) is 12.1 Å². The van der Waals surface area contributed by atoms with Crippen molar-refractivity contribution < 1.29 is 13.9 Å². The van der Waals surface area contributed by atoms with Gasteiger partial charge in [-0.2, -0.15) is 0 Å². The summed E-state index contributed by atoms with van der Waals surface area (Å²) in [4.78, 5) is 0. The number of aliphatic hydroxyl groups is 1. The Labute approximate surface area is 121 Å². The quantitative estimate of drug-likeness (QED) is 0.856. The van der Waals surface area contributed by atoms with E-state index in [2.05, 4.69) is 5.32 Å². The highest BCUT2D eigenvalue weighted by Crippen LogP contribution is 2.25. The molecule has 0 heterocycles. The number of rotatable bonds is 5. The second-order valence-corrected chi connectivity index (χ2v) is 4.80. The summed E-state index contributed by atoms with van der Waals surface area (Å²) in [5.41, 5.74) is 1.26. The van der Waals surface area contributed by atoms with Crippen LogP contribution in [0.15, 0.2) is 48.5 Å². The maximum absolute atomic E-state index is 12.7. The zero-order valence-electron chi connectivity index (χ0n) is 10.6. The minimum Gasteiger partial charge on any atom is -0.394 e. The Balaban J connectivity index is 2.22. The van der Waals surface area contributed by atoms with Crippen LogP contribution < -0.4 is 5.32 Å². The summed E-state index contributed by atoms with van der Waals surface area (Å²) in [5.74, 6) is 0. The third-order valence-electron chi connectivity index (χ3n) is 2.91. The van der Waals surface area contributed by atoms with Crippen molar-refractivity contribution >= 4 is 17.3 Å². The van der Waals surface area contributed by atoms with Gasteiger partial charge in [-0.15, -0.1) is 0 Å². The highest BCUT2D eigenvalue weighted by molar-refractivity contribution is 6.30. The molecule has 5 heteroatoms. The normalized spacial score (nSPS) is 12.4. The van der Waals surface area contributed by atoms with Crippen molar-refractivity contribution in [3.05, 3.63) is 64.7 Å². The van der Waals surface area contributed by atoms with Crippen LogP contribution in [0.3, 0.4) is 0 Å². The molecular formula is C15H14ClF2NO. The average Bonchev–Trinajstić information content (AvgIpc) is 2.45. The van der Waals surface area contributed by atoms with Crippen LogP contribution in [0.5, 0.6) is 0 Å². The van der Waals surface area contributed by atoms with E-state index in [9.17, 15) is 13.9 Å². The summed E-state index contributed by atoms with van der Waals surface area (Å²) < 4.78 is 25.4. The SMILES string of the molecule is OCC(Nc1cccc(Cl)c1)c1cccc(C(F)F)c1. The fourth-order valence-electron chi connectivity index (χ4n) is 1.93. The van der Waals surface area contributed by atoms with Gasteiger partial charge in [-0.05, 0) is 29.8 Å². The molecule has 2 nitrogen and oxygen atoms in total. The Hall–Kier alpha value is -1.65. The summed E-state index contributed by atoms with van der Waals surface area (Å²) >= 11 is 5.88. The van der Waals surface area contributed by atoms with Crippen LogP contribution in [0.4, 0.5) is 14.5 Å². The zero-order chi connectivity index (χ0) is 14.5. The first kappa shape index (κ1) is 14.8. The molecule has 2 N–H and O–H groups in total. The molecule has 0 aromatic heterocycles. The fraction of sp³-hybridized carbons (Fsp3) is 0.200. The molecule has 0 amide bonds. The third kappa shape index (κ3) is 3.68. The predicted octanol–water partition coefficient (Wildman–Crippen LogP) is 4.42. The van der Waals surface area contributed by atoms with E-state index in [1.807, 2.05) is 0 Å².